The monoisotopic (exact) mass is 344 g/mol. The summed E-state index contributed by atoms with van der Waals surface area (Å²) >= 11 is 0. The van der Waals surface area contributed by atoms with Crippen LogP contribution in [0.3, 0.4) is 0 Å². The second kappa shape index (κ2) is 6.58. The highest BCUT2D eigenvalue weighted by Gasteiger charge is 2.40. The van der Waals surface area contributed by atoms with Crippen molar-refractivity contribution in [2.45, 2.75) is 32.2 Å². The molecular formula is C19H24N2O4. The third-order valence-electron chi connectivity index (χ3n) is 5.44. The minimum atomic E-state index is -0.218. The number of carbonyl (C=O) groups excluding carboxylic acids is 2. The lowest BCUT2D eigenvalue weighted by Gasteiger charge is -2.30. The molecule has 25 heavy (non-hydrogen) atoms. The summed E-state index contributed by atoms with van der Waals surface area (Å²) < 4.78 is 11.5. The van der Waals surface area contributed by atoms with Gasteiger partial charge in [-0.3, -0.25) is 9.59 Å². The molecule has 2 amide bonds. The Morgan fingerprint density at radius 2 is 2.12 bits per heavy atom. The highest BCUT2D eigenvalue weighted by Crippen LogP contribution is 2.43. The number of ether oxygens (including phenoxy) is 2. The predicted molar refractivity (Wildman–Crippen MR) is 91.5 cm³/mol. The van der Waals surface area contributed by atoms with Crippen LogP contribution < -0.4 is 9.47 Å². The number of carbonyl (C=O) groups is 2. The fourth-order valence-corrected chi connectivity index (χ4v) is 4.19. The molecule has 0 aliphatic carbocycles. The zero-order valence-electron chi connectivity index (χ0n) is 14.6. The van der Waals surface area contributed by atoms with Gasteiger partial charge < -0.3 is 19.3 Å². The van der Waals surface area contributed by atoms with Crippen molar-refractivity contribution < 1.29 is 19.1 Å². The van der Waals surface area contributed by atoms with Crippen LogP contribution >= 0.6 is 0 Å². The molecule has 4 rings (SSSR count). The molecule has 3 aliphatic rings. The number of likely N-dealkylation sites (tertiary alicyclic amines) is 2. The first-order valence-corrected chi connectivity index (χ1v) is 9.15. The van der Waals surface area contributed by atoms with Crippen molar-refractivity contribution in [3.8, 4) is 11.5 Å². The van der Waals surface area contributed by atoms with Crippen LogP contribution in [0.2, 0.25) is 0 Å². The zero-order valence-corrected chi connectivity index (χ0v) is 14.6. The minimum absolute atomic E-state index is 0.00919. The lowest BCUT2D eigenvalue weighted by molar-refractivity contribution is -0.136. The van der Waals surface area contributed by atoms with Gasteiger partial charge in [0.05, 0.1) is 12.0 Å². The van der Waals surface area contributed by atoms with E-state index in [-0.39, 0.29) is 23.8 Å². The van der Waals surface area contributed by atoms with Gasteiger partial charge in [0, 0.05) is 31.6 Å². The van der Waals surface area contributed by atoms with E-state index in [1.807, 2.05) is 30.0 Å². The van der Waals surface area contributed by atoms with Crippen LogP contribution in [0, 0.1) is 5.92 Å². The van der Waals surface area contributed by atoms with Crippen molar-refractivity contribution in [2.75, 3.05) is 32.8 Å². The van der Waals surface area contributed by atoms with Crippen molar-refractivity contribution in [3.63, 3.8) is 0 Å². The molecule has 0 spiro atoms. The first kappa shape index (κ1) is 16.2. The summed E-state index contributed by atoms with van der Waals surface area (Å²) in [5.74, 6) is 1.50. The van der Waals surface area contributed by atoms with Gasteiger partial charge in [-0.1, -0.05) is 12.1 Å². The molecule has 1 aromatic rings. The Morgan fingerprint density at radius 1 is 1.28 bits per heavy atom. The molecule has 3 aliphatic heterocycles. The average Bonchev–Trinajstić information content (AvgIpc) is 3.27. The van der Waals surface area contributed by atoms with Gasteiger partial charge in [0.15, 0.2) is 11.5 Å². The van der Waals surface area contributed by atoms with Gasteiger partial charge in [0.25, 0.3) is 0 Å². The third-order valence-corrected chi connectivity index (χ3v) is 5.44. The number of hydrogen-bond donors (Lipinski definition) is 0. The van der Waals surface area contributed by atoms with E-state index in [1.54, 1.807) is 4.90 Å². The van der Waals surface area contributed by atoms with E-state index in [1.165, 1.54) is 0 Å². The third kappa shape index (κ3) is 2.83. The average molecular weight is 344 g/mol. The lowest BCUT2D eigenvalue weighted by Crippen LogP contribution is -2.37. The quantitative estimate of drug-likeness (QED) is 0.841. The number of fused-ring (bicyclic) bond motifs is 1. The van der Waals surface area contributed by atoms with Crippen molar-refractivity contribution in [3.05, 3.63) is 23.8 Å². The second-order valence-corrected chi connectivity index (χ2v) is 6.89. The van der Waals surface area contributed by atoms with Gasteiger partial charge in [-0.05, 0) is 25.8 Å². The topological polar surface area (TPSA) is 59.1 Å². The normalized spacial score (nSPS) is 25.6. The maximum Gasteiger partial charge on any atom is 0.228 e. The number of benzene rings is 1. The summed E-state index contributed by atoms with van der Waals surface area (Å²) in [6, 6.07) is 5.91. The number of amides is 2. The molecule has 2 atom stereocenters. The van der Waals surface area contributed by atoms with Gasteiger partial charge in [-0.2, -0.15) is 0 Å². The molecular weight excluding hydrogens is 320 g/mol. The van der Waals surface area contributed by atoms with Crippen LogP contribution in [-0.4, -0.2) is 54.5 Å². The molecule has 6 heteroatoms. The highest BCUT2D eigenvalue weighted by molar-refractivity contribution is 5.89. The summed E-state index contributed by atoms with van der Waals surface area (Å²) in [7, 11) is 0. The summed E-state index contributed by atoms with van der Waals surface area (Å²) in [4.78, 5) is 28.8. The highest BCUT2D eigenvalue weighted by atomic mass is 16.6. The number of hydrogen-bond acceptors (Lipinski definition) is 4. The van der Waals surface area contributed by atoms with Gasteiger partial charge in [0.2, 0.25) is 11.8 Å². The summed E-state index contributed by atoms with van der Waals surface area (Å²) in [5.41, 5.74) is 1.03. The minimum Gasteiger partial charge on any atom is -0.486 e. The predicted octanol–water partition coefficient (Wildman–Crippen LogP) is 1.99. The van der Waals surface area contributed by atoms with Crippen LogP contribution in [0.5, 0.6) is 11.5 Å². The molecule has 2 unspecified atom stereocenters. The largest absolute Gasteiger partial charge is 0.486 e. The fourth-order valence-electron chi connectivity index (χ4n) is 4.19. The van der Waals surface area contributed by atoms with E-state index in [4.69, 9.17) is 9.47 Å². The smallest absolute Gasteiger partial charge is 0.228 e. The Hall–Kier alpha value is -2.24. The van der Waals surface area contributed by atoms with Gasteiger partial charge in [-0.15, -0.1) is 0 Å². The van der Waals surface area contributed by atoms with Gasteiger partial charge in [0.1, 0.15) is 13.2 Å². The van der Waals surface area contributed by atoms with Crippen molar-refractivity contribution in [2.24, 2.45) is 5.92 Å². The molecule has 0 bridgehead atoms. The van der Waals surface area contributed by atoms with Crippen LogP contribution in [0.15, 0.2) is 18.2 Å². The van der Waals surface area contributed by atoms with Crippen LogP contribution in [0.25, 0.3) is 0 Å². The second-order valence-electron chi connectivity index (χ2n) is 6.89. The number of rotatable bonds is 3. The van der Waals surface area contributed by atoms with E-state index in [0.29, 0.717) is 32.7 Å². The van der Waals surface area contributed by atoms with E-state index in [9.17, 15) is 9.59 Å². The molecule has 6 nitrogen and oxygen atoms in total. The van der Waals surface area contributed by atoms with E-state index in [2.05, 4.69) is 0 Å². The molecule has 0 N–H and O–H groups in total. The van der Waals surface area contributed by atoms with Crippen LogP contribution in [-0.2, 0) is 9.59 Å². The Bertz CT molecular complexity index is 690. The molecule has 0 saturated carbocycles. The van der Waals surface area contributed by atoms with E-state index in [0.717, 1.165) is 36.4 Å². The maximum atomic E-state index is 13.1. The summed E-state index contributed by atoms with van der Waals surface area (Å²) in [5, 5.41) is 0. The molecule has 134 valence electrons. The van der Waals surface area contributed by atoms with Gasteiger partial charge >= 0.3 is 0 Å². The number of nitrogens with zero attached hydrogens (tertiary/aromatic N) is 2. The van der Waals surface area contributed by atoms with Crippen molar-refractivity contribution >= 4 is 11.8 Å². The SMILES string of the molecule is CCN1CC(C(=O)N2CCCC2c2cccc3c2OCCO3)CC1=O. The Labute approximate surface area is 147 Å². The number of para-hydroxylation sites is 1. The summed E-state index contributed by atoms with van der Waals surface area (Å²) in [6.07, 6.45) is 2.23. The van der Waals surface area contributed by atoms with E-state index >= 15 is 0 Å². The molecule has 3 heterocycles. The molecule has 2 fully saturated rings. The standard InChI is InChI=1S/C19H24N2O4/c1-2-20-12-13(11-17(20)22)19(23)21-8-4-6-15(21)14-5-3-7-16-18(14)25-10-9-24-16/h3,5,7,13,15H,2,4,6,8-12H2,1H3. The molecule has 0 aromatic heterocycles. The van der Waals surface area contributed by atoms with Crippen molar-refractivity contribution in [1.29, 1.82) is 0 Å². The van der Waals surface area contributed by atoms with Crippen molar-refractivity contribution in [1.82, 2.24) is 9.80 Å². The maximum absolute atomic E-state index is 13.1. The Balaban J connectivity index is 1.57. The van der Waals surface area contributed by atoms with Crippen LogP contribution in [0.1, 0.15) is 37.8 Å². The lowest BCUT2D eigenvalue weighted by atomic mass is 10.0. The molecule has 0 radical (unpaired) electrons. The zero-order chi connectivity index (χ0) is 17.4. The van der Waals surface area contributed by atoms with Crippen LogP contribution in [0.4, 0.5) is 0 Å². The Kier molecular flexibility index (Phi) is 4.27. The fraction of sp³-hybridized carbons (Fsp3) is 0.579. The molecule has 1 aromatic carbocycles. The summed E-state index contributed by atoms with van der Waals surface area (Å²) in [6.45, 7) is 5.00. The first-order chi connectivity index (χ1) is 12.2. The molecule has 2 saturated heterocycles. The Morgan fingerprint density at radius 3 is 2.92 bits per heavy atom. The van der Waals surface area contributed by atoms with Gasteiger partial charge in [-0.25, -0.2) is 0 Å². The first-order valence-electron chi connectivity index (χ1n) is 9.15. The van der Waals surface area contributed by atoms with E-state index < -0.39 is 0 Å².